The normalized spacial score (nSPS) is 13.2. The van der Waals surface area contributed by atoms with E-state index in [1.165, 1.54) is 18.2 Å². The standard InChI is InChI=1S/C19H26N4O6S2/c1-22(2)12-6-7-15(14-30(26,27)16-8-4-3-5-9-16)21-18-11-10-17(31(20,28)29)13-19(18)23(24)25/h3-5,8-11,13,15,21H,6-7,12,14H2,1-2H3,(H2,20,28,29)/t15-/m1/s1. The highest BCUT2D eigenvalue weighted by atomic mass is 32.2. The van der Waals surface area contributed by atoms with Gasteiger partial charge in [0.1, 0.15) is 5.69 Å². The van der Waals surface area contributed by atoms with E-state index in [1.807, 2.05) is 19.0 Å². The third kappa shape index (κ3) is 7.28. The van der Waals surface area contributed by atoms with Crippen LogP contribution in [0.25, 0.3) is 0 Å². The van der Waals surface area contributed by atoms with Crippen LogP contribution in [0.15, 0.2) is 58.3 Å². The van der Waals surface area contributed by atoms with Gasteiger partial charge >= 0.3 is 0 Å². The van der Waals surface area contributed by atoms with E-state index in [2.05, 4.69) is 5.32 Å². The van der Waals surface area contributed by atoms with Crippen molar-refractivity contribution in [1.82, 2.24) is 4.90 Å². The lowest BCUT2D eigenvalue weighted by atomic mass is 10.1. The lowest BCUT2D eigenvalue weighted by Crippen LogP contribution is -2.30. The lowest BCUT2D eigenvalue weighted by Gasteiger charge is -2.21. The minimum atomic E-state index is -4.13. The van der Waals surface area contributed by atoms with Crippen molar-refractivity contribution in [3.8, 4) is 0 Å². The number of hydrogen-bond acceptors (Lipinski definition) is 8. The predicted octanol–water partition coefficient (Wildman–Crippen LogP) is 1.84. The van der Waals surface area contributed by atoms with Crippen LogP contribution in [-0.2, 0) is 19.9 Å². The Kier molecular flexibility index (Phi) is 8.12. The molecule has 0 aliphatic heterocycles. The summed E-state index contributed by atoms with van der Waals surface area (Å²) in [5.41, 5.74) is -0.475. The Bertz CT molecular complexity index is 1120. The Morgan fingerprint density at radius 2 is 1.71 bits per heavy atom. The van der Waals surface area contributed by atoms with Gasteiger partial charge in [-0.1, -0.05) is 18.2 Å². The van der Waals surface area contributed by atoms with Gasteiger partial charge in [-0.3, -0.25) is 10.1 Å². The average molecular weight is 471 g/mol. The van der Waals surface area contributed by atoms with E-state index in [-0.39, 0.29) is 16.3 Å². The van der Waals surface area contributed by atoms with Gasteiger partial charge < -0.3 is 10.2 Å². The quantitative estimate of drug-likeness (QED) is 0.373. The highest BCUT2D eigenvalue weighted by Gasteiger charge is 2.25. The molecule has 0 aromatic heterocycles. The van der Waals surface area contributed by atoms with Crippen LogP contribution in [0.1, 0.15) is 12.8 Å². The average Bonchev–Trinajstić information content (AvgIpc) is 2.67. The number of anilines is 1. The largest absolute Gasteiger partial charge is 0.376 e. The van der Waals surface area contributed by atoms with E-state index in [0.717, 1.165) is 12.1 Å². The Labute approximate surface area is 182 Å². The fraction of sp³-hybridized carbons (Fsp3) is 0.368. The second-order valence-electron chi connectivity index (χ2n) is 7.36. The number of hydrogen-bond donors (Lipinski definition) is 2. The van der Waals surface area contributed by atoms with Gasteiger partial charge in [0.05, 0.1) is 20.5 Å². The van der Waals surface area contributed by atoms with Crippen molar-refractivity contribution < 1.29 is 21.8 Å². The number of benzene rings is 2. The molecule has 170 valence electrons. The molecule has 0 aliphatic rings. The zero-order valence-electron chi connectivity index (χ0n) is 17.3. The minimum Gasteiger partial charge on any atom is -0.376 e. The maximum absolute atomic E-state index is 12.9. The van der Waals surface area contributed by atoms with Gasteiger partial charge in [0, 0.05) is 12.1 Å². The summed E-state index contributed by atoms with van der Waals surface area (Å²) in [5.74, 6) is -0.279. The van der Waals surface area contributed by atoms with E-state index in [0.29, 0.717) is 19.4 Å². The number of sulfone groups is 1. The number of nitrogens with zero attached hydrogens (tertiary/aromatic N) is 2. The molecule has 0 radical (unpaired) electrons. The van der Waals surface area contributed by atoms with Crippen LogP contribution < -0.4 is 10.5 Å². The first-order valence-corrected chi connectivity index (χ1v) is 12.6. The smallest absolute Gasteiger partial charge is 0.293 e. The van der Waals surface area contributed by atoms with E-state index in [9.17, 15) is 26.9 Å². The maximum atomic E-state index is 12.9. The van der Waals surface area contributed by atoms with E-state index in [4.69, 9.17) is 5.14 Å². The first-order valence-electron chi connectivity index (χ1n) is 9.40. The SMILES string of the molecule is CN(C)CCC[C@H](CS(=O)(=O)c1ccccc1)Nc1ccc(S(N)(=O)=O)cc1[N+](=O)[O-]. The summed E-state index contributed by atoms with van der Waals surface area (Å²) < 4.78 is 48.8. The van der Waals surface area contributed by atoms with E-state index < -0.39 is 41.4 Å². The van der Waals surface area contributed by atoms with Crippen molar-refractivity contribution >= 4 is 31.2 Å². The van der Waals surface area contributed by atoms with Gasteiger partial charge in [-0.25, -0.2) is 22.0 Å². The predicted molar refractivity (Wildman–Crippen MR) is 118 cm³/mol. The number of rotatable bonds is 11. The van der Waals surface area contributed by atoms with Crippen LogP contribution in [-0.4, -0.2) is 59.1 Å². The van der Waals surface area contributed by atoms with Crippen LogP contribution in [0.2, 0.25) is 0 Å². The molecule has 0 spiro atoms. The molecule has 3 N–H and O–H groups in total. The fourth-order valence-corrected chi connectivity index (χ4v) is 5.10. The highest BCUT2D eigenvalue weighted by molar-refractivity contribution is 7.91. The van der Waals surface area contributed by atoms with Gasteiger partial charge in [0.25, 0.3) is 5.69 Å². The second-order valence-corrected chi connectivity index (χ2v) is 11.0. The molecule has 0 amide bonds. The number of nitro groups is 1. The van der Waals surface area contributed by atoms with E-state index >= 15 is 0 Å². The Morgan fingerprint density at radius 1 is 1.06 bits per heavy atom. The van der Waals surface area contributed by atoms with Crippen molar-refractivity contribution in [2.75, 3.05) is 31.7 Å². The molecular formula is C19H26N4O6S2. The van der Waals surface area contributed by atoms with Gasteiger partial charge in [0.15, 0.2) is 9.84 Å². The third-order valence-corrected chi connectivity index (χ3v) is 7.28. The Hall–Kier alpha value is -2.54. The number of nitro benzene ring substituents is 1. The van der Waals surface area contributed by atoms with Gasteiger partial charge in [-0.15, -0.1) is 0 Å². The first-order chi connectivity index (χ1) is 14.4. The molecule has 2 aromatic carbocycles. The van der Waals surface area contributed by atoms with Gasteiger partial charge in [-0.2, -0.15) is 0 Å². The van der Waals surface area contributed by atoms with Crippen molar-refractivity contribution in [1.29, 1.82) is 0 Å². The molecule has 31 heavy (non-hydrogen) atoms. The molecule has 1 atom stereocenters. The molecule has 0 unspecified atom stereocenters. The molecule has 0 saturated carbocycles. The lowest BCUT2D eigenvalue weighted by molar-refractivity contribution is -0.384. The maximum Gasteiger partial charge on any atom is 0.293 e. The van der Waals surface area contributed by atoms with Crippen molar-refractivity contribution in [3.63, 3.8) is 0 Å². The van der Waals surface area contributed by atoms with Crippen molar-refractivity contribution in [2.45, 2.75) is 28.7 Å². The molecular weight excluding hydrogens is 444 g/mol. The number of nitrogens with two attached hydrogens (primary N) is 1. The fourth-order valence-electron chi connectivity index (χ4n) is 3.02. The molecule has 0 fully saturated rings. The number of primary sulfonamides is 1. The van der Waals surface area contributed by atoms with E-state index in [1.54, 1.807) is 18.2 Å². The Morgan fingerprint density at radius 3 is 2.26 bits per heavy atom. The molecule has 0 bridgehead atoms. The highest BCUT2D eigenvalue weighted by Crippen LogP contribution is 2.29. The van der Waals surface area contributed by atoms with Crippen LogP contribution in [0, 0.1) is 10.1 Å². The first kappa shape index (κ1) is 24.7. The van der Waals surface area contributed by atoms with Crippen LogP contribution in [0.4, 0.5) is 11.4 Å². The van der Waals surface area contributed by atoms with Gasteiger partial charge in [0.2, 0.25) is 10.0 Å². The summed E-state index contributed by atoms with van der Waals surface area (Å²) in [6.45, 7) is 0.704. The van der Waals surface area contributed by atoms with Crippen LogP contribution >= 0.6 is 0 Å². The molecule has 0 saturated heterocycles. The molecule has 12 heteroatoms. The summed E-state index contributed by atoms with van der Waals surface area (Å²) >= 11 is 0. The molecule has 0 aliphatic carbocycles. The minimum absolute atomic E-state index is 0.0236. The topological polar surface area (TPSA) is 153 Å². The second kappa shape index (κ2) is 10.2. The van der Waals surface area contributed by atoms with Crippen molar-refractivity contribution in [2.24, 2.45) is 5.14 Å². The molecule has 0 heterocycles. The number of sulfonamides is 1. The van der Waals surface area contributed by atoms with Crippen LogP contribution in [0.5, 0.6) is 0 Å². The summed E-state index contributed by atoms with van der Waals surface area (Å²) in [5, 5.41) is 19.5. The van der Waals surface area contributed by atoms with Gasteiger partial charge in [-0.05, 0) is 57.7 Å². The number of nitrogens with one attached hydrogen (secondary N) is 1. The Balaban J connectivity index is 2.35. The zero-order valence-corrected chi connectivity index (χ0v) is 18.9. The van der Waals surface area contributed by atoms with Crippen LogP contribution in [0.3, 0.4) is 0 Å². The van der Waals surface area contributed by atoms with Crippen molar-refractivity contribution in [3.05, 3.63) is 58.6 Å². The third-order valence-electron chi connectivity index (χ3n) is 4.53. The molecule has 2 rings (SSSR count). The summed E-state index contributed by atoms with van der Waals surface area (Å²) in [7, 11) is -4.01. The zero-order chi connectivity index (χ0) is 23.2. The molecule has 10 nitrogen and oxygen atoms in total. The summed E-state index contributed by atoms with van der Waals surface area (Å²) in [4.78, 5) is 12.5. The monoisotopic (exact) mass is 470 g/mol. The summed E-state index contributed by atoms with van der Waals surface area (Å²) in [6.07, 6.45) is 1.08. The molecule has 2 aromatic rings. The summed E-state index contributed by atoms with van der Waals surface area (Å²) in [6, 6.07) is 10.5.